The van der Waals surface area contributed by atoms with E-state index >= 15 is 0 Å². The zero-order chi connectivity index (χ0) is 13.4. The van der Waals surface area contributed by atoms with Crippen LogP contribution in [0.25, 0.3) is 0 Å². The molecule has 3 heterocycles. The summed E-state index contributed by atoms with van der Waals surface area (Å²) in [6.45, 7) is 0. The summed E-state index contributed by atoms with van der Waals surface area (Å²) < 4.78 is 5.30. The van der Waals surface area contributed by atoms with Gasteiger partial charge in [-0.25, -0.2) is 0 Å². The molecule has 0 fully saturated rings. The topological polar surface area (TPSA) is 127 Å². The number of nitrogen functional groups attached to an aromatic ring is 1. The van der Waals surface area contributed by atoms with Crippen LogP contribution in [0.1, 0.15) is 17.0 Å². The van der Waals surface area contributed by atoms with E-state index in [4.69, 9.17) is 16.2 Å². The Labute approximate surface area is 108 Å². The molecule has 0 saturated carbocycles. The Morgan fingerprint density at radius 2 is 2.26 bits per heavy atom. The molecule has 7 heteroatoms. The van der Waals surface area contributed by atoms with Gasteiger partial charge in [-0.1, -0.05) is 6.07 Å². The molecule has 2 aromatic rings. The van der Waals surface area contributed by atoms with Crippen molar-refractivity contribution < 1.29 is 4.74 Å². The van der Waals surface area contributed by atoms with Gasteiger partial charge in [-0.05, 0) is 11.6 Å². The van der Waals surface area contributed by atoms with Crippen LogP contribution in [0.15, 0.2) is 36.0 Å². The number of fused-ring (bicyclic) bond motifs is 1. The molecule has 0 aromatic carbocycles. The van der Waals surface area contributed by atoms with E-state index in [2.05, 4.69) is 21.3 Å². The molecule has 2 aromatic heterocycles. The maximum absolute atomic E-state index is 9.29. The van der Waals surface area contributed by atoms with Crippen molar-refractivity contribution in [2.45, 2.75) is 5.92 Å². The van der Waals surface area contributed by atoms with E-state index in [1.807, 2.05) is 6.07 Å². The zero-order valence-electron chi connectivity index (χ0n) is 9.79. The second kappa shape index (κ2) is 4.03. The Morgan fingerprint density at radius 1 is 1.42 bits per heavy atom. The van der Waals surface area contributed by atoms with Crippen LogP contribution in [0.3, 0.4) is 0 Å². The summed E-state index contributed by atoms with van der Waals surface area (Å²) in [6, 6.07) is 5.70. The number of nitrogens with one attached hydrogen (secondary N) is 1. The highest BCUT2D eigenvalue weighted by molar-refractivity contribution is 5.60. The van der Waals surface area contributed by atoms with Crippen molar-refractivity contribution in [2.75, 3.05) is 5.73 Å². The Hall–Kier alpha value is -3.01. The predicted molar refractivity (Wildman–Crippen MR) is 66.5 cm³/mol. The number of nitrogens with two attached hydrogens (primary N) is 2. The van der Waals surface area contributed by atoms with Gasteiger partial charge in [0.1, 0.15) is 17.5 Å². The Kier molecular flexibility index (Phi) is 2.35. The number of nitriles is 1. The Morgan fingerprint density at radius 3 is 2.95 bits per heavy atom. The first-order valence-corrected chi connectivity index (χ1v) is 5.53. The van der Waals surface area contributed by atoms with Crippen LogP contribution in [0, 0.1) is 11.3 Å². The standard InChI is InChI=1S/C12H10N6O/c13-4-7-8(6-2-1-3-16-5-6)9-10(14)17-18-12(9)19-11(7)15/h1-3,5,8H,15H2,(H3,14,17,18). The van der Waals surface area contributed by atoms with Crippen molar-refractivity contribution in [3.63, 3.8) is 0 Å². The first-order valence-electron chi connectivity index (χ1n) is 5.53. The maximum Gasteiger partial charge on any atom is 0.246 e. The molecular weight excluding hydrogens is 244 g/mol. The van der Waals surface area contributed by atoms with Gasteiger partial charge in [0.15, 0.2) is 0 Å². The van der Waals surface area contributed by atoms with Gasteiger partial charge >= 0.3 is 0 Å². The first-order chi connectivity index (χ1) is 9.22. The number of ether oxygens (including phenoxy) is 1. The van der Waals surface area contributed by atoms with Gasteiger partial charge in [0.05, 0.1) is 11.5 Å². The van der Waals surface area contributed by atoms with Crippen molar-refractivity contribution >= 4 is 5.82 Å². The number of allylic oxidation sites excluding steroid dienone is 1. The van der Waals surface area contributed by atoms with E-state index in [0.717, 1.165) is 5.56 Å². The van der Waals surface area contributed by atoms with Gasteiger partial charge in [-0.3, -0.25) is 10.1 Å². The van der Waals surface area contributed by atoms with Crippen LogP contribution in [0.5, 0.6) is 5.88 Å². The summed E-state index contributed by atoms with van der Waals surface area (Å²) in [5, 5.41) is 15.9. The number of H-pyrrole nitrogens is 1. The molecule has 0 amide bonds. The minimum Gasteiger partial charge on any atom is -0.420 e. The smallest absolute Gasteiger partial charge is 0.246 e. The van der Waals surface area contributed by atoms with Gasteiger partial charge in [0.2, 0.25) is 11.8 Å². The molecular formula is C12H10N6O. The summed E-state index contributed by atoms with van der Waals surface area (Å²) in [4.78, 5) is 4.06. The van der Waals surface area contributed by atoms with Crippen LogP contribution >= 0.6 is 0 Å². The summed E-state index contributed by atoms with van der Waals surface area (Å²) in [5.41, 5.74) is 13.3. The molecule has 1 aliphatic heterocycles. The molecule has 3 rings (SSSR count). The fourth-order valence-electron chi connectivity index (χ4n) is 2.15. The number of anilines is 1. The molecule has 19 heavy (non-hydrogen) atoms. The van der Waals surface area contributed by atoms with Gasteiger partial charge in [-0.2, -0.15) is 5.26 Å². The van der Waals surface area contributed by atoms with Crippen LogP contribution in [-0.2, 0) is 0 Å². The highest BCUT2D eigenvalue weighted by Gasteiger charge is 2.34. The third kappa shape index (κ3) is 1.58. The highest BCUT2D eigenvalue weighted by Crippen LogP contribution is 2.43. The van der Waals surface area contributed by atoms with Crippen LogP contribution in [-0.4, -0.2) is 15.2 Å². The first kappa shape index (κ1) is 11.1. The second-order valence-corrected chi connectivity index (χ2v) is 4.07. The summed E-state index contributed by atoms with van der Waals surface area (Å²) in [6.07, 6.45) is 3.32. The lowest BCUT2D eigenvalue weighted by Crippen LogP contribution is -2.21. The highest BCUT2D eigenvalue weighted by atomic mass is 16.5. The minimum absolute atomic E-state index is 0.0374. The maximum atomic E-state index is 9.29. The van der Waals surface area contributed by atoms with E-state index in [-0.39, 0.29) is 5.88 Å². The fraction of sp³-hybridized carbons (Fsp3) is 0.0833. The lowest BCUT2D eigenvalue weighted by atomic mass is 9.86. The van der Waals surface area contributed by atoms with Crippen molar-refractivity contribution in [3.05, 3.63) is 47.1 Å². The monoisotopic (exact) mass is 254 g/mol. The molecule has 0 bridgehead atoms. The SMILES string of the molecule is N#CC1=C(N)Oc2n[nH]c(N)c2C1c1cccnc1. The third-order valence-corrected chi connectivity index (χ3v) is 2.99. The van der Waals surface area contributed by atoms with Crippen molar-refractivity contribution in [1.29, 1.82) is 5.26 Å². The molecule has 7 nitrogen and oxygen atoms in total. The van der Waals surface area contributed by atoms with Gasteiger partial charge in [0.25, 0.3) is 0 Å². The normalized spacial score (nSPS) is 17.5. The largest absolute Gasteiger partial charge is 0.420 e. The number of hydrogen-bond acceptors (Lipinski definition) is 6. The van der Waals surface area contributed by atoms with Crippen molar-refractivity contribution in [2.24, 2.45) is 5.73 Å². The quantitative estimate of drug-likeness (QED) is 0.684. The van der Waals surface area contributed by atoms with Crippen LogP contribution in [0.2, 0.25) is 0 Å². The molecule has 5 N–H and O–H groups in total. The molecule has 1 unspecified atom stereocenters. The lowest BCUT2D eigenvalue weighted by molar-refractivity contribution is 0.379. The summed E-state index contributed by atoms with van der Waals surface area (Å²) >= 11 is 0. The molecule has 1 atom stereocenters. The molecule has 0 spiro atoms. The number of aromatic amines is 1. The number of rotatable bonds is 1. The molecule has 0 radical (unpaired) electrons. The van der Waals surface area contributed by atoms with Gasteiger partial charge < -0.3 is 16.2 Å². The number of hydrogen-bond donors (Lipinski definition) is 3. The third-order valence-electron chi connectivity index (χ3n) is 2.99. The number of aromatic nitrogens is 3. The van der Waals surface area contributed by atoms with E-state index in [9.17, 15) is 5.26 Å². The van der Waals surface area contributed by atoms with E-state index in [0.29, 0.717) is 22.8 Å². The van der Waals surface area contributed by atoms with Crippen LogP contribution < -0.4 is 16.2 Å². The minimum atomic E-state index is -0.416. The average Bonchev–Trinajstić information content (AvgIpc) is 2.79. The van der Waals surface area contributed by atoms with Crippen molar-refractivity contribution in [1.82, 2.24) is 15.2 Å². The number of nitrogens with zero attached hydrogens (tertiary/aromatic N) is 3. The van der Waals surface area contributed by atoms with Gasteiger partial charge in [-0.15, -0.1) is 5.10 Å². The zero-order valence-corrected chi connectivity index (χ0v) is 9.79. The Bertz CT molecular complexity index is 697. The molecule has 0 saturated heterocycles. The summed E-state index contributed by atoms with van der Waals surface area (Å²) in [5.74, 6) is 0.267. The molecule has 1 aliphatic rings. The summed E-state index contributed by atoms with van der Waals surface area (Å²) in [7, 11) is 0. The van der Waals surface area contributed by atoms with E-state index in [1.54, 1.807) is 18.5 Å². The van der Waals surface area contributed by atoms with E-state index < -0.39 is 5.92 Å². The van der Waals surface area contributed by atoms with Gasteiger partial charge in [0, 0.05) is 12.4 Å². The predicted octanol–water partition coefficient (Wildman–Crippen LogP) is 0.605. The lowest BCUT2D eigenvalue weighted by Gasteiger charge is -2.22. The Balaban J connectivity index is 2.25. The van der Waals surface area contributed by atoms with E-state index in [1.165, 1.54) is 0 Å². The molecule has 0 aliphatic carbocycles. The second-order valence-electron chi connectivity index (χ2n) is 4.07. The average molecular weight is 254 g/mol. The molecule has 94 valence electrons. The van der Waals surface area contributed by atoms with Crippen molar-refractivity contribution in [3.8, 4) is 11.9 Å². The fourth-order valence-corrected chi connectivity index (χ4v) is 2.15. The number of pyridine rings is 1. The van der Waals surface area contributed by atoms with Crippen LogP contribution in [0.4, 0.5) is 5.82 Å².